The fourth-order valence-corrected chi connectivity index (χ4v) is 3.48. The van der Waals surface area contributed by atoms with Crippen molar-refractivity contribution >= 4 is 5.91 Å². The maximum absolute atomic E-state index is 12.4. The monoisotopic (exact) mass is 268 g/mol. The van der Waals surface area contributed by atoms with Crippen LogP contribution in [0.1, 0.15) is 52.4 Å². The number of hydrogen-bond acceptors (Lipinski definition) is 3. The first-order chi connectivity index (χ1) is 8.98. The normalized spacial score (nSPS) is 34.5. The van der Waals surface area contributed by atoms with Crippen LogP contribution in [0, 0.1) is 11.8 Å². The Hall–Kier alpha value is -0.610. The minimum absolute atomic E-state index is 0.0713. The Morgan fingerprint density at radius 2 is 2.21 bits per heavy atom. The van der Waals surface area contributed by atoms with Gasteiger partial charge in [-0.05, 0) is 25.2 Å². The maximum Gasteiger partial charge on any atom is 0.239 e. The van der Waals surface area contributed by atoms with E-state index in [-0.39, 0.29) is 23.8 Å². The summed E-state index contributed by atoms with van der Waals surface area (Å²) >= 11 is 0. The van der Waals surface area contributed by atoms with Crippen molar-refractivity contribution in [1.29, 1.82) is 0 Å². The standard InChI is InChI=1S/C15H28N2O2/c1-3-11(2)13(16)14(18)17-9-8-15(19)7-5-4-6-12(15)10-17/h11-13,19H,3-10,16H2,1-2H3/t11?,12?,13-,15?/m0/s1. The van der Waals surface area contributed by atoms with E-state index < -0.39 is 5.60 Å². The van der Waals surface area contributed by atoms with Crippen molar-refractivity contribution in [2.45, 2.75) is 64.0 Å². The third-order valence-corrected chi connectivity index (χ3v) is 5.28. The number of carbonyl (C=O) groups is 1. The Balaban J connectivity index is 1.98. The second kappa shape index (κ2) is 5.80. The highest BCUT2D eigenvalue weighted by molar-refractivity contribution is 5.82. The molecular formula is C15H28N2O2. The molecule has 3 unspecified atom stereocenters. The number of likely N-dealkylation sites (tertiary alicyclic amines) is 1. The van der Waals surface area contributed by atoms with Crippen LogP contribution in [0.25, 0.3) is 0 Å². The van der Waals surface area contributed by atoms with E-state index in [0.29, 0.717) is 13.1 Å². The van der Waals surface area contributed by atoms with Crippen LogP contribution in [0.2, 0.25) is 0 Å². The fourth-order valence-electron chi connectivity index (χ4n) is 3.48. The third-order valence-electron chi connectivity index (χ3n) is 5.28. The number of carbonyl (C=O) groups excluding carboxylic acids is 1. The summed E-state index contributed by atoms with van der Waals surface area (Å²) in [6.07, 6.45) is 5.88. The smallest absolute Gasteiger partial charge is 0.239 e. The van der Waals surface area contributed by atoms with Crippen LogP contribution in [0.5, 0.6) is 0 Å². The van der Waals surface area contributed by atoms with Crippen molar-refractivity contribution in [3.63, 3.8) is 0 Å². The number of piperidine rings is 1. The van der Waals surface area contributed by atoms with Crippen molar-refractivity contribution < 1.29 is 9.90 Å². The topological polar surface area (TPSA) is 66.6 Å². The van der Waals surface area contributed by atoms with E-state index in [0.717, 1.165) is 32.1 Å². The second-order valence-electron chi connectivity index (χ2n) is 6.49. The fraction of sp³-hybridized carbons (Fsp3) is 0.933. The summed E-state index contributed by atoms with van der Waals surface area (Å²) in [6.45, 7) is 5.45. The van der Waals surface area contributed by atoms with Gasteiger partial charge in [0.15, 0.2) is 0 Å². The van der Waals surface area contributed by atoms with Gasteiger partial charge in [-0.15, -0.1) is 0 Å². The maximum atomic E-state index is 12.4. The Bertz CT molecular complexity index is 334. The van der Waals surface area contributed by atoms with Gasteiger partial charge >= 0.3 is 0 Å². The van der Waals surface area contributed by atoms with Crippen LogP contribution in [-0.2, 0) is 4.79 Å². The van der Waals surface area contributed by atoms with Crippen molar-refractivity contribution in [3.05, 3.63) is 0 Å². The lowest BCUT2D eigenvalue weighted by Crippen LogP contribution is -2.58. The van der Waals surface area contributed by atoms with Crippen LogP contribution in [0.3, 0.4) is 0 Å². The van der Waals surface area contributed by atoms with Crippen molar-refractivity contribution in [1.82, 2.24) is 4.90 Å². The summed E-state index contributed by atoms with van der Waals surface area (Å²) in [5, 5.41) is 10.6. The largest absolute Gasteiger partial charge is 0.389 e. The zero-order valence-electron chi connectivity index (χ0n) is 12.3. The van der Waals surface area contributed by atoms with Crippen LogP contribution in [0.15, 0.2) is 0 Å². The minimum atomic E-state index is -0.518. The molecule has 110 valence electrons. The molecule has 0 aromatic rings. The molecule has 4 nitrogen and oxygen atoms in total. The first kappa shape index (κ1) is 14.8. The molecule has 2 fully saturated rings. The zero-order valence-corrected chi connectivity index (χ0v) is 12.3. The Kier molecular flexibility index (Phi) is 4.51. The van der Waals surface area contributed by atoms with Gasteiger partial charge in [0.05, 0.1) is 11.6 Å². The summed E-state index contributed by atoms with van der Waals surface area (Å²) in [5.74, 6) is 0.546. The molecule has 1 heterocycles. The molecule has 1 aliphatic carbocycles. The molecule has 4 atom stereocenters. The lowest BCUT2D eigenvalue weighted by Gasteiger charge is -2.48. The van der Waals surface area contributed by atoms with Gasteiger partial charge in [0.25, 0.3) is 0 Å². The van der Waals surface area contributed by atoms with Gasteiger partial charge in [0.2, 0.25) is 5.91 Å². The van der Waals surface area contributed by atoms with Gasteiger partial charge in [-0.3, -0.25) is 4.79 Å². The molecule has 0 aromatic heterocycles. The summed E-state index contributed by atoms with van der Waals surface area (Å²) in [6, 6.07) is -0.389. The number of nitrogens with two attached hydrogens (primary N) is 1. The molecule has 2 aliphatic rings. The summed E-state index contributed by atoms with van der Waals surface area (Å²) in [4.78, 5) is 14.3. The quantitative estimate of drug-likeness (QED) is 0.815. The first-order valence-corrected chi connectivity index (χ1v) is 7.74. The number of aliphatic hydroxyl groups is 1. The number of nitrogens with zero attached hydrogens (tertiary/aromatic N) is 1. The summed E-state index contributed by atoms with van der Waals surface area (Å²) < 4.78 is 0. The molecule has 19 heavy (non-hydrogen) atoms. The highest BCUT2D eigenvalue weighted by Crippen LogP contribution is 2.39. The van der Waals surface area contributed by atoms with Crippen molar-refractivity contribution in [3.8, 4) is 0 Å². The lowest BCUT2D eigenvalue weighted by atomic mass is 9.71. The van der Waals surface area contributed by atoms with E-state index in [9.17, 15) is 9.90 Å². The molecule has 1 aliphatic heterocycles. The van der Waals surface area contributed by atoms with E-state index in [4.69, 9.17) is 5.73 Å². The number of fused-ring (bicyclic) bond motifs is 1. The van der Waals surface area contributed by atoms with Crippen LogP contribution in [0.4, 0.5) is 0 Å². The molecule has 0 spiro atoms. The van der Waals surface area contributed by atoms with Crippen molar-refractivity contribution in [2.24, 2.45) is 17.6 Å². The Labute approximate surface area is 116 Å². The molecule has 1 saturated heterocycles. The number of amides is 1. The molecule has 1 saturated carbocycles. The third kappa shape index (κ3) is 2.95. The van der Waals surface area contributed by atoms with Gasteiger partial charge in [-0.2, -0.15) is 0 Å². The van der Waals surface area contributed by atoms with Gasteiger partial charge in [-0.25, -0.2) is 0 Å². The second-order valence-corrected chi connectivity index (χ2v) is 6.49. The van der Waals surface area contributed by atoms with E-state index in [2.05, 4.69) is 6.92 Å². The molecule has 1 amide bonds. The van der Waals surface area contributed by atoms with Gasteiger partial charge < -0.3 is 15.7 Å². The molecule has 0 aromatic carbocycles. The van der Waals surface area contributed by atoms with E-state index >= 15 is 0 Å². The van der Waals surface area contributed by atoms with Gasteiger partial charge in [0.1, 0.15) is 0 Å². The van der Waals surface area contributed by atoms with Gasteiger partial charge in [0, 0.05) is 19.0 Å². The zero-order chi connectivity index (χ0) is 14.0. The van der Waals surface area contributed by atoms with Crippen molar-refractivity contribution in [2.75, 3.05) is 13.1 Å². The Morgan fingerprint density at radius 1 is 1.47 bits per heavy atom. The highest BCUT2D eigenvalue weighted by Gasteiger charge is 2.44. The first-order valence-electron chi connectivity index (χ1n) is 7.74. The van der Waals surface area contributed by atoms with E-state index in [1.54, 1.807) is 0 Å². The average molecular weight is 268 g/mol. The van der Waals surface area contributed by atoms with E-state index in [1.807, 2.05) is 11.8 Å². The van der Waals surface area contributed by atoms with Crippen LogP contribution in [-0.4, -0.2) is 40.6 Å². The predicted molar refractivity (Wildman–Crippen MR) is 75.5 cm³/mol. The predicted octanol–water partition coefficient (Wildman–Crippen LogP) is 1.51. The van der Waals surface area contributed by atoms with Gasteiger partial charge in [-0.1, -0.05) is 33.1 Å². The van der Waals surface area contributed by atoms with Crippen LogP contribution >= 0.6 is 0 Å². The molecule has 3 N–H and O–H groups in total. The molecule has 0 bridgehead atoms. The van der Waals surface area contributed by atoms with E-state index in [1.165, 1.54) is 6.42 Å². The molecular weight excluding hydrogens is 240 g/mol. The Morgan fingerprint density at radius 3 is 2.89 bits per heavy atom. The average Bonchev–Trinajstić information content (AvgIpc) is 2.43. The summed E-state index contributed by atoms with van der Waals surface area (Å²) in [5.41, 5.74) is 5.53. The molecule has 0 radical (unpaired) electrons. The highest BCUT2D eigenvalue weighted by atomic mass is 16.3. The number of rotatable bonds is 3. The lowest BCUT2D eigenvalue weighted by molar-refractivity contribution is -0.145. The molecule has 2 rings (SSSR count). The number of hydrogen-bond donors (Lipinski definition) is 2. The SMILES string of the molecule is CCC(C)[C@H](N)C(=O)N1CCC2(O)CCCCC2C1. The van der Waals surface area contributed by atoms with Crippen LogP contribution < -0.4 is 5.73 Å². The molecule has 4 heteroatoms. The summed E-state index contributed by atoms with van der Waals surface area (Å²) in [7, 11) is 0. The minimum Gasteiger partial charge on any atom is -0.389 e.